The van der Waals surface area contributed by atoms with E-state index in [-0.39, 0.29) is 6.04 Å². The number of hydrogen-bond donors (Lipinski definition) is 2. The molecule has 0 aliphatic rings. The summed E-state index contributed by atoms with van der Waals surface area (Å²) in [6, 6.07) is 18.2. The maximum absolute atomic E-state index is 6.37. The van der Waals surface area contributed by atoms with Crippen LogP contribution in [0.2, 0.25) is 0 Å². The number of nitrogens with two attached hydrogens (primary N) is 1. The van der Waals surface area contributed by atoms with E-state index in [1.807, 2.05) is 30.3 Å². The van der Waals surface area contributed by atoms with E-state index in [2.05, 4.69) is 55.1 Å². The molecule has 4 aromatic rings. The van der Waals surface area contributed by atoms with Gasteiger partial charge in [-0.25, -0.2) is 4.98 Å². The predicted octanol–water partition coefficient (Wildman–Crippen LogP) is 4.63. The molecule has 0 unspecified atom stereocenters. The summed E-state index contributed by atoms with van der Waals surface area (Å²) in [5.74, 6) is 0.807. The number of nitrogens with one attached hydrogen (secondary N) is 1. The van der Waals surface area contributed by atoms with Crippen LogP contribution in [0.3, 0.4) is 0 Å². The lowest BCUT2D eigenvalue weighted by atomic mass is 10.1. The van der Waals surface area contributed by atoms with Crippen molar-refractivity contribution >= 4 is 27.0 Å². The van der Waals surface area contributed by atoms with Gasteiger partial charge < -0.3 is 10.7 Å². The normalized spacial score (nSPS) is 12.4. The summed E-state index contributed by atoms with van der Waals surface area (Å²) in [6.07, 6.45) is 4.33. The van der Waals surface area contributed by atoms with Gasteiger partial charge in [-0.3, -0.25) is 4.98 Å². The predicted molar refractivity (Wildman–Crippen MR) is 104 cm³/mol. The van der Waals surface area contributed by atoms with Crippen LogP contribution in [0.1, 0.15) is 17.4 Å². The second-order valence-corrected chi connectivity index (χ2v) is 6.95. The van der Waals surface area contributed by atoms with Crippen molar-refractivity contribution in [3.63, 3.8) is 0 Å². The van der Waals surface area contributed by atoms with Crippen LogP contribution >= 0.6 is 15.9 Å². The molecule has 0 amide bonds. The van der Waals surface area contributed by atoms with Crippen LogP contribution in [0.4, 0.5) is 0 Å². The lowest BCUT2D eigenvalue weighted by Crippen LogP contribution is -2.14. The molecule has 3 N–H and O–H groups in total. The van der Waals surface area contributed by atoms with Crippen LogP contribution in [0.5, 0.6) is 0 Å². The van der Waals surface area contributed by atoms with E-state index in [4.69, 9.17) is 5.73 Å². The van der Waals surface area contributed by atoms with Crippen molar-refractivity contribution in [2.24, 2.45) is 5.73 Å². The Morgan fingerprint density at radius 3 is 2.64 bits per heavy atom. The third kappa shape index (κ3) is 3.48. The molecular weight excluding hydrogens is 376 g/mol. The highest BCUT2D eigenvalue weighted by Gasteiger charge is 2.13. The van der Waals surface area contributed by atoms with Crippen molar-refractivity contribution in [1.82, 2.24) is 15.0 Å². The first-order valence-corrected chi connectivity index (χ1v) is 8.88. The largest absolute Gasteiger partial charge is 0.341 e. The number of hydrogen-bond acceptors (Lipinski definition) is 3. The number of pyridine rings is 1. The third-order valence-electron chi connectivity index (χ3n) is 4.21. The van der Waals surface area contributed by atoms with Gasteiger partial charge in [0.15, 0.2) is 0 Å². The van der Waals surface area contributed by atoms with Crippen LogP contribution in [0.15, 0.2) is 71.5 Å². The number of fused-ring (bicyclic) bond motifs is 1. The molecule has 124 valence electrons. The highest BCUT2D eigenvalue weighted by Crippen LogP contribution is 2.25. The van der Waals surface area contributed by atoms with Gasteiger partial charge in [0.05, 0.1) is 17.1 Å². The quantitative estimate of drug-likeness (QED) is 0.531. The molecule has 25 heavy (non-hydrogen) atoms. The zero-order valence-corrected chi connectivity index (χ0v) is 15.1. The van der Waals surface area contributed by atoms with Crippen molar-refractivity contribution in [2.75, 3.05) is 0 Å². The first-order chi connectivity index (χ1) is 12.2. The number of nitrogens with zero attached hydrogens (tertiary/aromatic N) is 2. The van der Waals surface area contributed by atoms with E-state index < -0.39 is 0 Å². The van der Waals surface area contributed by atoms with Crippen molar-refractivity contribution < 1.29 is 0 Å². The van der Waals surface area contributed by atoms with Gasteiger partial charge in [0.1, 0.15) is 5.82 Å². The van der Waals surface area contributed by atoms with Crippen LogP contribution in [0.25, 0.3) is 22.2 Å². The summed E-state index contributed by atoms with van der Waals surface area (Å²) in [4.78, 5) is 12.1. The standard InChI is InChI=1S/C20H17BrN4/c21-16-3-1-2-13(10-16)11-17(22)20-24-18-5-4-15(12-19(18)25-20)14-6-8-23-9-7-14/h1-10,12,17H,11,22H2,(H,24,25)/t17-/m1/s1. The molecule has 2 heterocycles. The molecule has 0 radical (unpaired) electrons. The molecule has 0 saturated heterocycles. The number of imidazole rings is 1. The number of rotatable bonds is 4. The summed E-state index contributed by atoms with van der Waals surface area (Å²) in [7, 11) is 0. The van der Waals surface area contributed by atoms with E-state index >= 15 is 0 Å². The Kier molecular flexibility index (Phi) is 4.34. The molecule has 0 fully saturated rings. The van der Waals surface area contributed by atoms with Crippen LogP contribution in [0, 0.1) is 0 Å². The molecule has 4 nitrogen and oxygen atoms in total. The Bertz CT molecular complexity index is 1010. The average Bonchev–Trinajstić information content (AvgIpc) is 3.06. The molecule has 5 heteroatoms. The lowest BCUT2D eigenvalue weighted by molar-refractivity contribution is 0.680. The second-order valence-electron chi connectivity index (χ2n) is 6.03. The Labute approximate surface area is 154 Å². The Balaban J connectivity index is 1.62. The zero-order valence-electron chi connectivity index (χ0n) is 13.5. The van der Waals surface area contributed by atoms with Crippen molar-refractivity contribution in [3.05, 3.63) is 82.9 Å². The van der Waals surface area contributed by atoms with Gasteiger partial charge in [-0.1, -0.05) is 34.1 Å². The molecule has 2 aromatic carbocycles. The number of H-pyrrole nitrogens is 1. The van der Waals surface area contributed by atoms with Gasteiger partial charge in [0.25, 0.3) is 0 Å². The summed E-state index contributed by atoms with van der Waals surface area (Å²) in [5, 5.41) is 0. The van der Waals surface area contributed by atoms with Gasteiger partial charge in [-0.15, -0.1) is 0 Å². The van der Waals surface area contributed by atoms with Gasteiger partial charge >= 0.3 is 0 Å². The minimum absolute atomic E-state index is 0.175. The lowest BCUT2D eigenvalue weighted by Gasteiger charge is -2.08. The fourth-order valence-corrected chi connectivity index (χ4v) is 3.39. The molecule has 0 aliphatic carbocycles. The number of aromatic amines is 1. The van der Waals surface area contributed by atoms with Crippen LogP contribution < -0.4 is 5.73 Å². The van der Waals surface area contributed by atoms with E-state index in [0.717, 1.165) is 38.9 Å². The van der Waals surface area contributed by atoms with Crippen molar-refractivity contribution in [3.8, 4) is 11.1 Å². The molecule has 4 rings (SSSR count). The molecule has 1 atom stereocenters. The first-order valence-electron chi connectivity index (χ1n) is 8.09. The molecule has 0 saturated carbocycles. The van der Waals surface area contributed by atoms with Gasteiger partial charge in [-0.05, 0) is 59.5 Å². The molecular formula is C20H17BrN4. The minimum Gasteiger partial charge on any atom is -0.341 e. The second kappa shape index (κ2) is 6.78. The maximum atomic E-state index is 6.37. The SMILES string of the molecule is N[C@H](Cc1cccc(Br)c1)c1nc2ccc(-c3ccncc3)cc2[nH]1. The summed E-state index contributed by atoms with van der Waals surface area (Å²) < 4.78 is 1.06. The fourth-order valence-electron chi connectivity index (χ4n) is 2.94. The summed E-state index contributed by atoms with van der Waals surface area (Å²) in [5.41, 5.74) is 11.7. The summed E-state index contributed by atoms with van der Waals surface area (Å²) in [6.45, 7) is 0. The van der Waals surface area contributed by atoms with E-state index in [9.17, 15) is 0 Å². The molecule has 0 spiro atoms. The van der Waals surface area contributed by atoms with E-state index in [1.165, 1.54) is 5.56 Å². The van der Waals surface area contributed by atoms with E-state index in [0.29, 0.717) is 0 Å². The van der Waals surface area contributed by atoms with E-state index in [1.54, 1.807) is 12.4 Å². The smallest absolute Gasteiger partial charge is 0.124 e. The van der Waals surface area contributed by atoms with Crippen molar-refractivity contribution in [1.29, 1.82) is 0 Å². The first kappa shape index (κ1) is 16.0. The molecule has 0 bridgehead atoms. The minimum atomic E-state index is -0.175. The number of benzene rings is 2. The highest BCUT2D eigenvalue weighted by molar-refractivity contribution is 9.10. The third-order valence-corrected chi connectivity index (χ3v) is 4.70. The molecule has 0 aliphatic heterocycles. The maximum Gasteiger partial charge on any atom is 0.124 e. The van der Waals surface area contributed by atoms with Crippen LogP contribution in [-0.4, -0.2) is 15.0 Å². The summed E-state index contributed by atoms with van der Waals surface area (Å²) >= 11 is 3.50. The monoisotopic (exact) mass is 392 g/mol. The number of halogens is 1. The van der Waals surface area contributed by atoms with Gasteiger partial charge in [0.2, 0.25) is 0 Å². The zero-order chi connectivity index (χ0) is 17.2. The topological polar surface area (TPSA) is 67.6 Å². The Hall–Kier alpha value is -2.50. The average molecular weight is 393 g/mol. The van der Waals surface area contributed by atoms with Crippen LogP contribution in [-0.2, 0) is 6.42 Å². The fraction of sp³-hybridized carbons (Fsp3) is 0.100. The van der Waals surface area contributed by atoms with Gasteiger partial charge in [0, 0.05) is 16.9 Å². The van der Waals surface area contributed by atoms with Crippen molar-refractivity contribution in [2.45, 2.75) is 12.5 Å². The Morgan fingerprint density at radius 1 is 1.00 bits per heavy atom. The highest BCUT2D eigenvalue weighted by atomic mass is 79.9. The van der Waals surface area contributed by atoms with Gasteiger partial charge in [-0.2, -0.15) is 0 Å². The number of aromatic nitrogens is 3. The molecule has 2 aromatic heterocycles. The Morgan fingerprint density at radius 2 is 1.84 bits per heavy atom.